The first kappa shape index (κ1) is 13.0. The summed E-state index contributed by atoms with van der Waals surface area (Å²) in [5.74, 6) is 0.809. The number of hydrogen-bond acceptors (Lipinski definition) is 5. The second-order valence-corrected chi connectivity index (χ2v) is 5.12. The van der Waals surface area contributed by atoms with Crippen LogP contribution in [0.3, 0.4) is 0 Å². The van der Waals surface area contributed by atoms with Crippen molar-refractivity contribution < 1.29 is 9.52 Å². The van der Waals surface area contributed by atoms with Gasteiger partial charge in [-0.2, -0.15) is 10.2 Å². The standard InChI is InChI=1S/C14H12ClN3O2/c15-10-3-1-9(2-4-10)13-17-12(7-16)14(20-13)18-6-5-11(19)8-18/h1-4,11,19H,5-6,8H2/t11-/m1/s1. The maximum atomic E-state index is 9.58. The third-order valence-electron chi connectivity index (χ3n) is 3.26. The van der Waals surface area contributed by atoms with E-state index in [9.17, 15) is 5.11 Å². The summed E-state index contributed by atoms with van der Waals surface area (Å²) in [5.41, 5.74) is 1.00. The Morgan fingerprint density at radius 3 is 2.75 bits per heavy atom. The molecule has 0 aliphatic carbocycles. The van der Waals surface area contributed by atoms with Crippen LogP contribution in [0.1, 0.15) is 12.1 Å². The Labute approximate surface area is 121 Å². The molecule has 102 valence electrons. The largest absolute Gasteiger partial charge is 0.419 e. The molecule has 1 aromatic carbocycles. The molecule has 1 aliphatic heterocycles. The quantitative estimate of drug-likeness (QED) is 0.919. The zero-order valence-electron chi connectivity index (χ0n) is 10.6. The van der Waals surface area contributed by atoms with Crippen LogP contribution < -0.4 is 4.90 Å². The van der Waals surface area contributed by atoms with Crippen LogP contribution >= 0.6 is 11.6 Å². The SMILES string of the molecule is N#Cc1nc(-c2ccc(Cl)cc2)oc1N1CC[C@@H](O)C1. The summed E-state index contributed by atoms with van der Waals surface area (Å²) in [6.45, 7) is 1.12. The smallest absolute Gasteiger partial charge is 0.235 e. The number of nitriles is 1. The Kier molecular flexibility index (Phi) is 3.35. The topological polar surface area (TPSA) is 73.3 Å². The molecular weight excluding hydrogens is 278 g/mol. The van der Waals surface area contributed by atoms with Gasteiger partial charge in [-0.15, -0.1) is 0 Å². The van der Waals surface area contributed by atoms with Gasteiger partial charge >= 0.3 is 0 Å². The number of rotatable bonds is 2. The van der Waals surface area contributed by atoms with Gasteiger partial charge in [-0.3, -0.25) is 0 Å². The molecule has 0 unspecified atom stereocenters. The van der Waals surface area contributed by atoms with Gasteiger partial charge < -0.3 is 14.4 Å². The van der Waals surface area contributed by atoms with Crippen LogP contribution in [0.5, 0.6) is 0 Å². The molecule has 1 atom stereocenters. The Hall–Kier alpha value is -2.03. The van der Waals surface area contributed by atoms with Crippen LogP contribution in [-0.4, -0.2) is 29.3 Å². The first-order chi connectivity index (χ1) is 9.67. The van der Waals surface area contributed by atoms with Gasteiger partial charge in [0, 0.05) is 23.7 Å². The molecule has 0 spiro atoms. The minimum Gasteiger partial charge on any atom is -0.419 e. The molecule has 20 heavy (non-hydrogen) atoms. The molecule has 1 aromatic heterocycles. The Bertz CT molecular complexity index is 660. The number of β-amino-alcohol motifs (C(OH)–C–C–N with tert-alkyl or cyclic N) is 1. The van der Waals surface area contributed by atoms with Crippen molar-refractivity contribution in [3.63, 3.8) is 0 Å². The molecule has 0 radical (unpaired) electrons. The number of aromatic nitrogens is 1. The van der Waals surface area contributed by atoms with Crippen molar-refractivity contribution in [2.45, 2.75) is 12.5 Å². The zero-order valence-corrected chi connectivity index (χ0v) is 11.3. The van der Waals surface area contributed by atoms with Gasteiger partial charge in [0.25, 0.3) is 0 Å². The van der Waals surface area contributed by atoms with Crippen LogP contribution in [0, 0.1) is 11.3 Å². The van der Waals surface area contributed by atoms with Gasteiger partial charge in [0.15, 0.2) is 0 Å². The van der Waals surface area contributed by atoms with Crippen LogP contribution in [0.2, 0.25) is 5.02 Å². The number of hydrogen-bond donors (Lipinski definition) is 1. The molecular formula is C14H12ClN3O2. The maximum Gasteiger partial charge on any atom is 0.235 e. The van der Waals surface area contributed by atoms with Crippen molar-refractivity contribution in [3.8, 4) is 17.5 Å². The second-order valence-electron chi connectivity index (χ2n) is 4.68. The lowest BCUT2D eigenvalue weighted by Crippen LogP contribution is -2.21. The monoisotopic (exact) mass is 289 g/mol. The van der Waals surface area contributed by atoms with E-state index in [0.29, 0.717) is 36.3 Å². The minimum atomic E-state index is -0.384. The fourth-order valence-electron chi connectivity index (χ4n) is 2.24. The van der Waals surface area contributed by atoms with E-state index in [1.807, 2.05) is 11.0 Å². The highest BCUT2D eigenvalue weighted by atomic mass is 35.5. The fraction of sp³-hybridized carbons (Fsp3) is 0.286. The average molecular weight is 290 g/mol. The van der Waals surface area contributed by atoms with Crippen molar-refractivity contribution in [1.82, 2.24) is 4.98 Å². The highest BCUT2D eigenvalue weighted by Crippen LogP contribution is 2.30. The van der Waals surface area contributed by atoms with E-state index in [1.54, 1.807) is 24.3 Å². The van der Waals surface area contributed by atoms with Gasteiger partial charge in [0.1, 0.15) is 6.07 Å². The normalized spacial score (nSPS) is 18.2. The van der Waals surface area contributed by atoms with E-state index >= 15 is 0 Å². The molecule has 1 saturated heterocycles. The average Bonchev–Trinajstić information content (AvgIpc) is 3.05. The fourth-order valence-corrected chi connectivity index (χ4v) is 2.37. The van der Waals surface area contributed by atoms with Crippen LogP contribution in [0.4, 0.5) is 5.88 Å². The number of nitrogens with zero attached hydrogens (tertiary/aromatic N) is 3. The third-order valence-corrected chi connectivity index (χ3v) is 3.51. The van der Waals surface area contributed by atoms with Gasteiger partial charge in [0.2, 0.25) is 17.5 Å². The predicted octanol–water partition coefficient (Wildman–Crippen LogP) is 2.44. The molecule has 0 saturated carbocycles. The molecule has 3 rings (SSSR count). The molecule has 1 fully saturated rings. The lowest BCUT2D eigenvalue weighted by atomic mass is 10.2. The number of halogens is 1. The van der Waals surface area contributed by atoms with Crippen molar-refractivity contribution in [1.29, 1.82) is 5.26 Å². The summed E-state index contributed by atoms with van der Waals surface area (Å²) < 4.78 is 5.70. The Morgan fingerprint density at radius 1 is 1.40 bits per heavy atom. The van der Waals surface area contributed by atoms with E-state index in [1.165, 1.54) is 0 Å². The highest BCUT2D eigenvalue weighted by Gasteiger charge is 2.27. The lowest BCUT2D eigenvalue weighted by molar-refractivity contribution is 0.198. The van der Waals surface area contributed by atoms with E-state index in [4.69, 9.17) is 21.3 Å². The number of benzene rings is 1. The zero-order chi connectivity index (χ0) is 14.1. The van der Waals surface area contributed by atoms with Gasteiger partial charge in [-0.25, -0.2) is 0 Å². The van der Waals surface area contributed by atoms with E-state index < -0.39 is 0 Å². The lowest BCUT2D eigenvalue weighted by Gasteiger charge is -2.13. The molecule has 2 heterocycles. The van der Waals surface area contributed by atoms with Crippen molar-refractivity contribution in [3.05, 3.63) is 35.0 Å². The molecule has 5 nitrogen and oxygen atoms in total. The number of oxazole rings is 1. The van der Waals surface area contributed by atoms with Crippen LogP contribution in [0.15, 0.2) is 28.7 Å². The van der Waals surface area contributed by atoms with Crippen molar-refractivity contribution in [2.75, 3.05) is 18.0 Å². The van der Waals surface area contributed by atoms with Gasteiger partial charge in [-0.1, -0.05) is 11.6 Å². The predicted molar refractivity (Wildman–Crippen MR) is 74.5 cm³/mol. The van der Waals surface area contributed by atoms with Gasteiger partial charge in [-0.05, 0) is 30.7 Å². The van der Waals surface area contributed by atoms with E-state index in [2.05, 4.69) is 4.98 Å². The number of aliphatic hydroxyl groups excluding tert-OH is 1. The molecule has 1 aliphatic rings. The summed E-state index contributed by atoms with van der Waals surface area (Å²) in [4.78, 5) is 6.05. The first-order valence-electron chi connectivity index (χ1n) is 6.27. The summed E-state index contributed by atoms with van der Waals surface area (Å²) in [6.07, 6.45) is 0.285. The molecule has 6 heteroatoms. The van der Waals surface area contributed by atoms with Crippen molar-refractivity contribution in [2.24, 2.45) is 0 Å². The highest BCUT2D eigenvalue weighted by molar-refractivity contribution is 6.30. The first-order valence-corrected chi connectivity index (χ1v) is 6.65. The summed E-state index contributed by atoms with van der Waals surface area (Å²) >= 11 is 5.84. The third kappa shape index (κ3) is 2.36. The van der Waals surface area contributed by atoms with Crippen molar-refractivity contribution >= 4 is 17.5 Å². The number of aliphatic hydroxyl groups is 1. The molecule has 0 amide bonds. The number of anilines is 1. The summed E-state index contributed by atoms with van der Waals surface area (Å²) in [5, 5.41) is 19.4. The van der Waals surface area contributed by atoms with E-state index in [-0.39, 0.29) is 11.8 Å². The Morgan fingerprint density at radius 2 is 2.15 bits per heavy atom. The maximum absolute atomic E-state index is 9.58. The molecule has 2 aromatic rings. The second kappa shape index (κ2) is 5.16. The Balaban J connectivity index is 1.96. The molecule has 0 bridgehead atoms. The summed E-state index contributed by atoms with van der Waals surface area (Å²) in [7, 11) is 0. The minimum absolute atomic E-state index is 0.240. The van der Waals surface area contributed by atoms with Gasteiger partial charge in [0.05, 0.1) is 6.10 Å². The van der Waals surface area contributed by atoms with E-state index in [0.717, 1.165) is 5.56 Å². The summed E-state index contributed by atoms with van der Waals surface area (Å²) in [6, 6.07) is 9.10. The van der Waals surface area contributed by atoms with Crippen LogP contribution in [-0.2, 0) is 0 Å². The van der Waals surface area contributed by atoms with Crippen LogP contribution in [0.25, 0.3) is 11.5 Å². The molecule has 1 N–H and O–H groups in total.